The van der Waals surface area contributed by atoms with Gasteiger partial charge in [-0.25, -0.2) is 9.07 Å². The quantitative estimate of drug-likeness (QED) is 0.306. The van der Waals surface area contributed by atoms with E-state index in [-0.39, 0.29) is 34.2 Å². The van der Waals surface area contributed by atoms with Gasteiger partial charge in [-0.05, 0) is 56.7 Å². The first-order valence-electron chi connectivity index (χ1n) is 11.5. The first-order chi connectivity index (χ1) is 17.6. The Labute approximate surface area is 218 Å². The van der Waals surface area contributed by atoms with E-state index >= 15 is 0 Å². The molecule has 0 spiro atoms. The molecule has 4 rings (SSSR count). The summed E-state index contributed by atoms with van der Waals surface area (Å²) >= 11 is 6.23. The van der Waals surface area contributed by atoms with Crippen molar-refractivity contribution in [3.05, 3.63) is 95.0 Å². The van der Waals surface area contributed by atoms with Crippen LogP contribution in [0.2, 0.25) is 5.02 Å². The number of halogens is 2. The van der Waals surface area contributed by atoms with Gasteiger partial charge in [0.15, 0.2) is 5.69 Å². The van der Waals surface area contributed by atoms with Crippen molar-refractivity contribution in [2.45, 2.75) is 25.9 Å². The smallest absolute Gasteiger partial charge is 0.271 e. The summed E-state index contributed by atoms with van der Waals surface area (Å²) in [7, 11) is 0. The van der Waals surface area contributed by atoms with E-state index in [1.807, 2.05) is 6.07 Å². The Bertz CT molecular complexity index is 1420. The van der Waals surface area contributed by atoms with Crippen LogP contribution in [-0.4, -0.2) is 43.8 Å². The third-order valence-electron chi connectivity index (χ3n) is 5.45. The minimum absolute atomic E-state index is 0.0284. The summed E-state index contributed by atoms with van der Waals surface area (Å²) in [5.74, 6) is -1.48. The highest BCUT2D eigenvalue weighted by molar-refractivity contribution is 6.34. The maximum Gasteiger partial charge on any atom is 0.271 e. The molecular formula is C27H25ClFN5O3. The maximum absolute atomic E-state index is 14.6. The van der Waals surface area contributed by atoms with E-state index in [0.717, 1.165) is 6.07 Å². The highest BCUT2D eigenvalue weighted by Crippen LogP contribution is 2.28. The SMILES string of the molecule is CC(C)(O)CCNC(=O)c1cc(NC(=O)c2cc(-c3ccccn3)c(F)cc2Cl)n(-c2ccccc2)n1. The van der Waals surface area contributed by atoms with E-state index in [4.69, 9.17) is 11.6 Å². The van der Waals surface area contributed by atoms with E-state index < -0.39 is 23.2 Å². The van der Waals surface area contributed by atoms with E-state index in [1.165, 1.54) is 23.0 Å². The molecule has 0 bridgehead atoms. The molecule has 2 aromatic carbocycles. The lowest BCUT2D eigenvalue weighted by Gasteiger charge is -2.16. The molecule has 3 N–H and O–H groups in total. The molecule has 0 aliphatic heterocycles. The second kappa shape index (κ2) is 10.9. The lowest BCUT2D eigenvalue weighted by molar-refractivity contribution is 0.0692. The van der Waals surface area contributed by atoms with Crippen molar-refractivity contribution >= 4 is 29.2 Å². The Morgan fingerprint density at radius 2 is 1.78 bits per heavy atom. The number of nitrogens with one attached hydrogen (secondary N) is 2. The maximum atomic E-state index is 14.6. The average Bonchev–Trinajstić information content (AvgIpc) is 3.28. The van der Waals surface area contributed by atoms with E-state index in [0.29, 0.717) is 17.8 Å². The monoisotopic (exact) mass is 521 g/mol. The van der Waals surface area contributed by atoms with Gasteiger partial charge < -0.3 is 15.7 Å². The molecule has 2 amide bonds. The highest BCUT2D eigenvalue weighted by Gasteiger charge is 2.21. The van der Waals surface area contributed by atoms with Gasteiger partial charge >= 0.3 is 0 Å². The summed E-state index contributed by atoms with van der Waals surface area (Å²) in [6.07, 6.45) is 1.87. The standard InChI is InChI=1S/C27H25ClFN5O3/c1-27(2,37)11-13-31-26(36)23-16-24(34(33-23)17-8-4-3-5-9-17)32-25(35)18-14-19(21(29)15-20(18)28)22-10-6-7-12-30-22/h3-10,12,14-16,37H,11,13H2,1-2H3,(H,31,36)(H,32,35). The number of carbonyl (C=O) groups is 2. The molecule has 10 heteroatoms. The lowest BCUT2D eigenvalue weighted by Crippen LogP contribution is -2.31. The summed E-state index contributed by atoms with van der Waals surface area (Å²) in [6, 6.07) is 17.8. The lowest BCUT2D eigenvalue weighted by atomic mass is 10.1. The minimum atomic E-state index is -0.932. The Morgan fingerprint density at radius 3 is 2.46 bits per heavy atom. The molecule has 0 fully saturated rings. The third kappa shape index (κ3) is 6.38. The van der Waals surface area contributed by atoms with Crippen molar-refractivity contribution < 1.29 is 19.1 Å². The summed E-state index contributed by atoms with van der Waals surface area (Å²) in [6.45, 7) is 3.54. The second-order valence-electron chi connectivity index (χ2n) is 8.96. The number of aliphatic hydroxyl groups is 1. The van der Waals surface area contributed by atoms with Crippen LogP contribution < -0.4 is 10.6 Å². The number of benzene rings is 2. The van der Waals surface area contributed by atoms with Gasteiger partial charge in [-0.2, -0.15) is 5.10 Å². The predicted molar refractivity (Wildman–Crippen MR) is 139 cm³/mol. The third-order valence-corrected chi connectivity index (χ3v) is 5.76. The number of anilines is 1. The Kier molecular flexibility index (Phi) is 7.66. The van der Waals surface area contributed by atoms with Crippen molar-refractivity contribution in [1.29, 1.82) is 0 Å². The topological polar surface area (TPSA) is 109 Å². The van der Waals surface area contributed by atoms with Gasteiger partial charge in [-0.1, -0.05) is 35.9 Å². The van der Waals surface area contributed by atoms with Crippen molar-refractivity contribution in [1.82, 2.24) is 20.1 Å². The number of pyridine rings is 1. The van der Waals surface area contributed by atoms with Crippen LogP contribution in [0.5, 0.6) is 0 Å². The van der Waals surface area contributed by atoms with Gasteiger partial charge in [-0.15, -0.1) is 0 Å². The molecule has 0 aliphatic rings. The first-order valence-corrected chi connectivity index (χ1v) is 11.9. The Balaban J connectivity index is 1.65. The molecule has 0 radical (unpaired) electrons. The molecule has 0 unspecified atom stereocenters. The molecule has 0 aliphatic carbocycles. The number of para-hydroxylation sites is 1. The summed E-state index contributed by atoms with van der Waals surface area (Å²) in [5, 5.41) is 19.6. The first kappa shape index (κ1) is 26.0. The number of aromatic nitrogens is 3. The van der Waals surface area contributed by atoms with E-state index in [1.54, 1.807) is 56.3 Å². The fraction of sp³-hybridized carbons (Fsp3) is 0.185. The Hall–Kier alpha value is -4.08. The molecule has 8 nitrogen and oxygen atoms in total. The molecular weight excluding hydrogens is 497 g/mol. The zero-order valence-electron chi connectivity index (χ0n) is 20.2. The molecule has 0 atom stereocenters. The van der Waals surface area contributed by atoms with Crippen LogP contribution in [0.4, 0.5) is 10.2 Å². The van der Waals surface area contributed by atoms with Gasteiger partial charge in [0, 0.05) is 24.4 Å². The van der Waals surface area contributed by atoms with Crippen LogP contribution in [0.15, 0.2) is 72.9 Å². The molecule has 0 saturated carbocycles. The molecule has 0 saturated heterocycles. The number of hydrogen-bond acceptors (Lipinski definition) is 5. The van der Waals surface area contributed by atoms with Gasteiger partial charge in [0.25, 0.3) is 11.8 Å². The highest BCUT2D eigenvalue weighted by atomic mass is 35.5. The van der Waals surface area contributed by atoms with Gasteiger partial charge in [0.2, 0.25) is 0 Å². The fourth-order valence-corrected chi connectivity index (χ4v) is 3.78. The summed E-state index contributed by atoms with van der Waals surface area (Å²) in [5.41, 5.74) is 0.240. The van der Waals surface area contributed by atoms with Crippen LogP contribution in [0, 0.1) is 5.82 Å². The summed E-state index contributed by atoms with van der Waals surface area (Å²) in [4.78, 5) is 30.1. The van der Waals surface area contributed by atoms with Gasteiger partial charge in [0.05, 0.1) is 27.6 Å². The van der Waals surface area contributed by atoms with Crippen molar-refractivity contribution in [2.24, 2.45) is 0 Å². The Morgan fingerprint density at radius 1 is 1.05 bits per heavy atom. The molecule has 2 aromatic heterocycles. The number of amides is 2. The zero-order valence-corrected chi connectivity index (χ0v) is 21.0. The van der Waals surface area contributed by atoms with Crippen molar-refractivity contribution in [2.75, 3.05) is 11.9 Å². The second-order valence-corrected chi connectivity index (χ2v) is 9.37. The van der Waals surface area contributed by atoms with Crippen LogP contribution in [0.25, 0.3) is 16.9 Å². The van der Waals surface area contributed by atoms with Crippen LogP contribution in [0.3, 0.4) is 0 Å². The zero-order chi connectivity index (χ0) is 26.6. The molecule has 37 heavy (non-hydrogen) atoms. The molecule has 2 heterocycles. The predicted octanol–water partition coefficient (Wildman–Crippen LogP) is 4.87. The minimum Gasteiger partial charge on any atom is -0.390 e. The van der Waals surface area contributed by atoms with Crippen LogP contribution >= 0.6 is 11.6 Å². The number of carbonyl (C=O) groups excluding carboxylic acids is 2. The van der Waals surface area contributed by atoms with E-state index in [2.05, 4.69) is 20.7 Å². The largest absolute Gasteiger partial charge is 0.390 e. The van der Waals surface area contributed by atoms with Gasteiger partial charge in [0.1, 0.15) is 11.6 Å². The van der Waals surface area contributed by atoms with E-state index in [9.17, 15) is 19.1 Å². The normalized spacial score (nSPS) is 11.3. The summed E-state index contributed by atoms with van der Waals surface area (Å²) < 4.78 is 16.0. The van der Waals surface area contributed by atoms with Gasteiger partial charge in [-0.3, -0.25) is 14.6 Å². The fourth-order valence-electron chi connectivity index (χ4n) is 3.54. The molecule has 190 valence electrons. The van der Waals surface area contributed by atoms with Crippen molar-refractivity contribution in [3.63, 3.8) is 0 Å². The van der Waals surface area contributed by atoms with Crippen molar-refractivity contribution in [3.8, 4) is 16.9 Å². The number of rotatable bonds is 8. The average molecular weight is 522 g/mol. The molecule has 4 aromatic rings. The van der Waals surface area contributed by atoms with Crippen LogP contribution in [-0.2, 0) is 0 Å². The number of nitrogens with zero attached hydrogens (tertiary/aromatic N) is 3. The van der Waals surface area contributed by atoms with Crippen LogP contribution in [0.1, 0.15) is 41.1 Å². The number of hydrogen-bond donors (Lipinski definition) is 3.